The summed E-state index contributed by atoms with van der Waals surface area (Å²) < 4.78 is 5.98. The van der Waals surface area contributed by atoms with E-state index in [1.54, 1.807) is 33.8 Å². The van der Waals surface area contributed by atoms with Crippen molar-refractivity contribution in [1.29, 1.82) is 0 Å². The maximum Gasteiger partial charge on any atom is 0.408 e. The molecular formula is C20H24BrN3O3. The van der Waals surface area contributed by atoms with Crippen molar-refractivity contribution in [2.45, 2.75) is 39.3 Å². The van der Waals surface area contributed by atoms with E-state index in [9.17, 15) is 9.59 Å². The third kappa shape index (κ3) is 6.60. The standard InChI is InChI=1S/C20H24BrN3O3/c1-13(22-19(26)27-20(2,3)4)18(25)24-16-12-8-11-15(21)17(16)23-14-9-6-5-7-10-14/h5-13,23H,1-4H3,(H,22,26)(H,24,25). The van der Waals surface area contributed by atoms with Crippen LogP contribution >= 0.6 is 15.9 Å². The molecule has 0 aliphatic heterocycles. The largest absolute Gasteiger partial charge is 0.444 e. The summed E-state index contributed by atoms with van der Waals surface area (Å²) in [5, 5.41) is 8.66. The first kappa shape index (κ1) is 20.8. The highest BCUT2D eigenvalue weighted by Crippen LogP contribution is 2.33. The molecule has 0 saturated heterocycles. The molecule has 1 unspecified atom stereocenters. The predicted molar refractivity (Wildman–Crippen MR) is 111 cm³/mol. The van der Waals surface area contributed by atoms with Gasteiger partial charge in [0.2, 0.25) is 5.91 Å². The molecule has 0 aromatic heterocycles. The fourth-order valence-electron chi connectivity index (χ4n) is 2.21. The Morgan fingerprint density at radius 2 is 1.70 bits per heavy atom. The summed E-state index contributed by atoms with van der Waals surface area (Å²) in [7, 11) is 0. The van der Waals surface area contributed by atoms with Crippen molar-refractivity contribution < 1.29 is 14.3 Å². The molecule has 2 amide bonds. The third-order valence-corrected chi connectivity index (χ3v) is 4.10. The number of halogens is 1. The Hall–Kier alpha value is -2.54. The molecule has 0 aliphatic rings. The van der Waals surface area contributed by atoms with Gasteiger partial charge in [0.15, 0.2) is 0 Å². The number of nitrogens with one attached hydrogen (secondary N) is 3. The molecule has 3 N–H and O–H groups in total. The van der Waals surface area contributed by atoms with Crippen molar-refractivity contribution in [2.75, 3.05) is 10.6 Å². The molecule has 144 valence electrons. The second-order valence-electron chi connectivity index (χ2n) is 7.01. The fraction of sp³-hybridized carbons (Fsp3) is 0.300. The van der Waals surface area contributed by atoms with Gasteiger partial charge in [0.25, 0.3) is 0 Å². The lowest BCUT2D eigenvalue weighted by Crippen LogP contribution is -2.44. The minimum absolute atomic E-state index is 0.352. The van der Waals surface area contributed by atoms with Crippen molar-refractivity contribution in [3.05, 3.63) is 53.0 Å². The van der Waals surface area contributed by atoms with Crippen LogP contribution in [0.2, 0.25) is 0 Å². The van der Waals surface area contributed by atoms with E-state index in [1.807, 2.05) is 42.5 Å². The quantitative estimate of drug-likeness (QED) is 0.616. The summed E-state index contributed by atoms with van der Waals surface area (Å²) in [6, 6.07) is 14.4. The van der Waals surface area contributed by atoms with E-state index in [-0.39, 0.29) is 5.91 Å². The van der Waals surface area contributed by atoms with Crippen LogP contribution in [0.4, 0.5) is 21.9 Å². The van der Waals surface area contributed by atoms with Crippen LogP contribution in [-0.4, -0.2) is 23.6 Å². The van der Waals surface area contributed by atoms with Gasteiger partial charge in [0.1, 0.15) is 11.6 Å². The van der Waals surface area contributed by atoms with E-state index in [4.69, 9.17) is 4.74 Å². The molecule has 0 heterocycles. The Kier molecular flexibility index (Phi) is 6.85. The van der Waals surface area contributed by atoms with E-state index in [0.717, 1.165) is 15.8 Å². The minimum Gasteiger partial charge on any atom is -0.444 e. The van der Waals surface area contributed by atoms with Crippen LogP contribution in [0.5, 0.6) is 0 Å². The monoisotopic (exact) mass is 433 g/mol. The highest BCUT2D eigenvalue weighted by molar-refractivity contribution is 9.10. The molecule has 1 atom stereocenters. The lowest BCUT2D eigenvalue weighted by Gasteiger charge is -2.22. The Balaban J connectivity index is 2.09. The van der Waals surface area contributed by atoms with Crippen LogP contribution < -0.4 is 16.0 Å². The Labute approximate surface area is 167 Å². The molecule has 7 heteroatoms. The van der Waals surface area contributed by atoms with Gasteiger partial charge in [-0.15, -0.1) is 0 Å². The van der Waals surface area contributed by atoms with Gasteiger partial charge in [-0.3, -0.25) is 4.79 Å². The molecule has 0 spiro atoms. The topological polar surface area (TPSA) is 79.5 Å². The average Bonchev–Trinajstić information content (AvgIpc) is 2.57. The summed E-state index contributed by atoms with van der Waals surface area (Å²) in [4.78, 5) is 24.4. The number of hydrogen-bond donors (Lipinski definition) is 3. The average molecular weight is 434 g/mol. The van der Waals surface area contributed by atoms with Crippen molar-refractivity contribution in [2.24, 2.45) is 0 Å². The van der Waals surface area contributed by atoms with Crippen LogP contribution in [0.1, 0.15) is 27.7 Å². The smallest absolute Gasteiger partial charge is 0.408 e. The Morgan fingerprint density at radius 3 is 2.33 bits per heavy atom. The first-order valence-corrected chi connectivity index (χ1v) is 9.36. The normalized spacial score (nSPS) is 12.0. The molecule has 6 nitrogen and oxygen atoms in total. The second-order valence-corrected chi connectivity index (χ2v) is 7.86. The van der Waals surface area contributed by atoms with Crippen LogP contribution in [0.3, 0.4) is 0 Å². The molecule has 27 heavy (non-hydrogen) atoms. The highest BCUT2D eigenvalue weighted by Gasteiger charge is 2.22. The van der Waals surface area contributed by atoms with Crippen molar-refractivity contribution >= 4 is 45.0 Å². The number of amides is 2. The zero-order chi connectivity index (χ0) is 20.0. The predicted octanol–water partition coefficient (Wildman–Crippen LogP) is 5.04. The van der Waals surface area contributed by atoms with E-state index in [2.05, 4.69) is 31.9 Å². The maximum atomic E-state index is 12.5. The van der Waals surface area contributed by atoms with Crippen LogP contribution in [0, 0.1) is 0 Å². The first-order chi connectivity index (χ1) is 12.7. The second kappa shape index (κ2) is 8.90. The molecule has 2 aromatic carbocycles. The fourth-order valence-corrected chi connectivity index (χ4v) is 2.68. The SMILES string of the molecule is CC(NC(=O)OC(C)(C)C)C(=O)Nc1cccc(Br)c1Nc1ccccc1. The lowest BCUT2D eigenvalue weighted by molar-refractivity contribution is -0.117. The Morgan fingerprint density at radius 1 is 1.04 bits per heavy atom. The number of anilines is 3. The molecule has 0 saturated carbocycles. The summed E-state index contributed by atoms with van der Waals surface area (Å²) in [6.07, 6.45) is -0.637. The van der Waals surface area contributed by atoms with Crippen molar-refractivity contribution in [3.8, 4) is 0 Å². The van der Waals surface area contributed by atoms with Crippen molar-refractivity contribution in [1.82, 2.24) is 5.32 Å². The van der Waals surface area contributed by atoms with Gasteiger partial charge in [-0.25, -0.2) is 4.79 Å². The zero-order valence-corrected chi connectivity index (χ0v) is 17.4. The molecule has 0 aliphatic carbocycles. The number of hydrogen-bond acceptors (Lipinski definition) is 4. The molecule has 0 radical (unpaired) electrons. The summed E-state index contributed by atoms with van der Waals surface area (Å²) in [6.45, 7) is 6.89. The van der Waals surface area contributed by atoms with Crippen molar-refractivity contribution in [3.63, 3.8) is 0 Å². The molecule has 2 aromatic rings. The zero-order valence-electron chi connectivity index (χ0n) is 15.8. The van der Waals surface area contributed by atoms with Gasteiger partial charge >= 0.3 is 6.09 Å². The summed E-state index contributed by atoms with van der Waals surface area (Å²) in [5.74, 6) is -0.352. The highest BCUT2D eigenvalue weighted by atomic mass is 79.9. The lowest BCUT2D eigenvalue weighted by atomic mass is 10.2. The van der Waals surface area contributed by atoms with E-state index in [1.165, 1.54) is 0 Å². The van der Waals surface area contributed by atoms with Gasteiger partial charge in [0, 0.05) is 10.2 Å². The van der Waals surface area contributed by atoms with Gasteiger partial charge < -0.3 is 20.7 Å². The van der Waals surface area contributed by atoms with E-state index in [0.29, 0.717) is 5.69 Å². The van der Waals surface area contributed by atoms with E-state index >= 15 is 0 Å². The Bertz CT molecular complexity index is 804. The van der Waals surface area contributed by atoms with Gasteiger partial charge in [-0.1, -0.05) is 24.3 Å². The first-order valence-electron chi connectivity index (χ1n) is 8.56. The molecular weight excluding hydrogens is 410 g/mol. The molecule has 0 bridgehead atoms. The number of ether oxygens (including phenoxy) is 1. The minimum atomic E-state index is -0.761. The molecule has 2 rings (SSSR count). The van der Waals surface area contributed by atoms with Gasteiger partial charge in [0.05, 0.1) is 11.4 Å². The number of benzene rings is 2. The number of para-hydroxylation sites is 2. The van der Waals surface area contributed by atoms with Crippen LogP contribution in [-0.2, 0) is 9.53 Å². The summed E-state index contributed by atoms with van der Waals surface area (Å²) in [5.41, 5.74) is 1.58. The van der Waals surface area contributed by atoms with Crippen LogP contribution in [0.15, 0.2) is 53.0 Å². The van der Waals surface area contributed by atoms with Crippen LogP contribution in [0.25, 0.3) is 0 Å². The maximum absolute atomic E-state index is 12.5. The third-order valence-electron chi connectivity index (χ3n) is 3.44. The number of rotatable bonds is 5. The summed E-state index contributed by atoms with van der Waals surface area (Å²) >= 11 is 3.50. The molecule has 0 fully saturated rings. The number of carbonyl (C=O) groups excluding carboxylic acids is 2. The van der Waals surface area contributed by atoms with Gasteiger partial charge in [-0.2, -0.15) is 0 Å². The van der Waals surface area contributed by atoms with Gasteiger partial charge in [-0.05, 0) is 67.9 Å². The van der Waals surface area contributed by atoms with E-state index < -0.39 is 17.7 Å². The number of carbonyl (C=O) groups is 2. The number of alkyl carbamates (subject to hydrolysis) is 1.